The van der Waals surface area contributed by atoms with Crippen LogP contribution in [-0.4, -0.2) is 0 Å². The first kappa shape index (κ1) is 16.2. The quantitative estimate of drug-likeness (QED) is 0.458. The average molecular weight is 605 g/mol. The van der Waals surface area contributed by atoms with Gasteiger partial charge in [0.1, 0.15) is 18.2 Å². The summed E-state index contributed by atoms with van der Waals surface area (Å²) < 4.78 is 22.1. The average Bonchev–Trinajstić information content (AvgIpc) is 2.37. The highest BCUT2D eigenvalue weighted by Gasteiger charge is 2.10. The van der Waals surface area contributed by atoms with Crippen molar-refractivity contribution in [1.82, 2.24) is 0 Å². The van der Waals surface area contributed by atoms with E-state index in [4.69, 9.17) is 10.00 Å². The number of halogens is 4. The van der Waals surface area contributed by atoms with E-state index in [-0.39, 0.29) is 12.4 Å². The van der Waals surface area contributed by atoms with Crippen LogP contribution in [0.2, 0.25) is 0 Å². The molecule has 2 rings (SSSR count). The van der Waals surface area contributed by atoms with Gasteiger partial charge in [-0.15, -0.1) is 0 Å². The van der Waals surface area contributed by atoms with Crippen LogP contribution in [0.15, 0.2) is 30.3 Å². The Labute approximate surface area is 157 Å². The summed E-state index contributed by atoms with van der Waals surface area (Å²) in [5.74, 6) is 0.398. The second-order valence-electron chi connectivity index (χ2n) is 3.90. The smallest absolute Gasteiger partial charge is 0.146 e. The molecule has 0 unspecified atom stereocenters. The van der Waals surface area contributed by atoms with E-state index < -0.39 is 0 Å². The third-order valence-electron chi connectivity index (χ3n) is 2.52. The first-order chi connectivity index (χ1) is 9.51. The highest BCUT2D eigenvalue weighted by molar-refractivity contribution is 14.1. The fraction of sp³-hybridized carbons (Fsp3) is 0.0714. The molecule has 6 heteroatoms. The van der Waals surface area contributed by atoms with Gasteiger partial charge >= 0.3 is 0 Å². The molecule has 0 N–H and O–H groups in total. The van der Waals surface area contributed by atoms with Gasteiger partial charge in [0, 0.05) is 9.13 Å². The Bertz CT molecular complexity index is 674. The SMILES string of the molecule is N#Cc1ccc(F)cc1COc1c(I)cc(I)cc1I. The Balaban J connectivity index is 2.26. The number of benzene rings is 2. The third-order valence-corrected chi connectivity index (χ3v) is 4.75. The van der Waals surface area contributed by atoms with Crippen LogP contribution in [0.1, 0.15) is 11.1 Å². The summed E-state index contributed by atoms with van der Waals surface area (Å²) in [7, 11) is 0. The zero-order valence-corrected chi connectivity index (χ0v) is 16.4. The van der Waals surface area contributed by atoms with Gasteiger partial charge in [-0.25, -0.2) is 4.39 Å². The Morgan fingerprint density at radius 1 is 1.10 bits per heavy atom. The number of rotatable bonds is 3. The lowest BCUT2D eigenvalue weighted by Gasteiger charge is -2.12. The van der Waals surface area contributed by atoms with E-state index >= 15 is 0 Å². The lowest BCUT2D eigenvalue weighted by molar-refractivity contribution is 0.300. The van der Waals surface area contributed by atoms with Crippen molar-refractivity contribution in [3.05, 3.63) is 58.0 Å². The van der Waals surface area contributed by atoms with Gasteiger partial charge < -0.3 is 4.74 Å². The van der Waals surface area contributed by atoms with Gasteiger partial charge in [0.15, 0.2) is 0 Å². The van der Waals surface area contributed by atoms with Crippen molar-refractivity contribution >= 4 is 67.8 Å². The van der Waals surface area contributed by atoms with E-state index in [2.05, 4.69) is 67.8 Å². The maximum atomic E-state index is 13.3. The van der Waals surface area contributed by atoms with E-state index in [0.29, 0.717) is 11.1 Å². The molecule has 0 aliphatic carbocycles. The van der Waals surface area contributed by atoms with Gasteiger partial charge in [-0.3, -0.25) is 0 Å². The highest BCUT2D eigenvalue weighted by Crippen LogP contribution is 2.30. The molecular weight excluding hydrogens is 598 g/mol. The summed E-state index contributed by atoms with van der Waals surface area (Å²) in [4.78, 5) is 0. The molecule has 0 aromatic heterocycles. The maximum absolute atomic E-state index is 13.3. The van der Waals surface area contributed by atoms with E-state index in [9.17, 15) is 4.39 Å². The molecule has 0 heterocycles. The molecule has 2 aromatic rings. The highest BCUT2D eigenvalue weighted by atomic mass is 127. The fourth-order valence-electron chi connectivity index (χ4n) is 1.61. The maximum Gasteiger partial charge on any atom is 0.146 e. The molecule has 0 bridgehead atoms. The second kappa shape index (κ2) is 7.22. The molecule has 0 atom stereocenters. The summed E-state index contributed by atoms with van der Waals surface area (Å²) in [6.07, 6.45) is 0. The van der Waals surface area contributed by atoms with Gasteiger partial charge in [0.2, 0.25) is 0 Å². The normalized spacial score (nSPS) is 10.2. The zero-order chi connectivity index (χ0) is 14.7. The molecule has 0 fully saturated rings. The third kappa shape index (κ3) is 3.94. The van der Waals surface area contributed by atoms with Crippen LogP contribution in [0.3, 0.4) is 0 Å². The minimum absolute atomic E-state index is 0.174. The minimum atomic E-state index is -0.366. The molecule has 0 radical (unpaired) electrons. The molecule has 0 aliphatic rings. The van der Waals surface area contributed by atoms with Crippen molar-refractivity contribution in [1.29, 1.82) is 5.26 Å². The van der Waals surface area contributed by atoms with Crippen molar-refractivity contribution in [2.75, 3.05) is 0 Å². The molecule has 0 amide bonds. The Kier molecular flexibility index (Phi) is 5.85. The van der Waals surface area contributed by atoms with E-state index in [1.54, 1.807) is 0 Å². The number of hydrogen-bond acceptors (Lipinski definition) is 2. The van der Waals surface area contributed by atoms with Gasteiger partial charge in [-0.1, -0.05) is 0 Å². The summed E-state index contributed by atoms with van der Waals surface area (Å²) in [6.45, 7) is 0.174. The van der Waals surface area contributed by atoms with Gasteiger partial charge in [0.25, 0.3) is 0 Å². The fourth-order valence-corrected chi connectivity index (χ4v) is 5.50. The van der Waals surface area contributed by atoms with E-state index in [0.717, 1.165) is 16.5 Å². The van der Waals surface area contributed by atoms with Crippen LogP contribution in [0.4, 0.5) is 4.39 Å². The number of hydrogen-bond donors (Lipinski definition) is 0. The molecule has 0 saturated heterocycles. The predicted molar refractivity (Wildman–Crippen MR) is 100 cm³/mol. The van der Waals surface area contributed by atoms with E-state index in [1.165, 1.54) is 18.2 Å². The van der Waals surface area contributed by atoms with Crippen LogP contribution < -0.4 is 4.74 Å². The molecular formula is C14H7FI3NO. The summed E-state index contributed by atoms with van der Waals surface area (Å²) in [5, 5.41) is 9.02. The Morgan fingerprint density at radius 2 is 1.75 bits per heavy atom. The van der Waals surface area contributed by atoms with E-state index in [1.807, 2.05) is 18.2 Å². The van der Waals surface area contributed by atoms with Gasteiger partial charge in [0.05, 0.1) is 18.8 Å². The summed E-state index contributed by atoms with van der Waals surface area (Å²) in [6, 6.07) is 10.2. The van der Waals surface area contributed by atoms with Crippen LogP contribution >= 0.6 is 67.8 Å². The number of nitriles is 1. The monoisotopic (exact) mass is 605 g/mol. The van der Waals surface area contributed by atoms with Crippen molar-refractivity contribution in [3.8, 4) is 11.8 Å². The molecule has 0 aliphatic heterocycles. The van der Waals surface area contributed by atoms with Crippen LogP contribution in [-0.2, 0) is 6.61 Å². The van der Waals surface area contributed by atoms with Crippen molar-refractivity contribution in [2.24, 2.45) is 0 Å². The number of nitrogens with zero attached hydrogens (tertiary/aromatic N) is 1. The predicted octanol–water partition coefficient (Wildman–Crippen LogP) is 5.09. The molecule has 0 spiro atoms. The van der Waals surface area contributed by atoms with Crippen LogP contribution in [0.5, 0.6) is 5.75 Å². The molecule has 0 saturated carbocycles. The molecule has 20 heavy (non-hydrogen) atoms. The van der Waals surface area contributed by atoms with Gasteiger partial charge in [-0.2, -0.15) is 5.26 Å². The van der Waals surface area contributed by atoms with Crippen molar-refractivity contribution in [3.63, 3.8) is 0 Å². The standard InChI is InChI=1S/C14H7FI3NO/c15-10-2-1-8(6-19)9(3-10)7-20-14-12(17)4-11(16)5-13(14)18/h1-5H,7H2. The number of ether oxygens (including phenoxy) is 1. The Hall–Kier alpha value is -0.150. The summed E-state index contributed by atoms with van der Waals surface area (Å²) >= 11 is 6.66. The van der Waals surface area contributed by atoms with Crippen LogP contribution in [0.25, 0.3) is 0 Å². The molecule has 102 valence electrons. The molecule has 2 nitrogen and oxygen atoms in total. The lowest BCUT2D eigenvalue weighted by Crippen LogP contribution is -2.02. The first-order valence-corrected chi connectivity index (χ1v) is 8.70. The first-order valence-electron chi connectivity index (χ1n) is 5.47. The van der Waals surface area contributed by atoms with Crippen molar-refractivity contribution < 1.29 is 9.13 Å². The molecule has 2 aromatic carbocycles. The van der Waals surface area contributed by atoms with Gasteiger partial charge in [-0.05, 0) is 98.1 Å². The summed E-state index contributed by atoms with van der Waals surface area (Å²) in [5.41, 5.74) is 0.986. The minimum Gasteiger partial charge on any atom is -0.487 e. The second-order valence-corrected chi connectivity index (χ2v) is 7.47. The Morgan fingerprint density at radius 3 is 2.35 bits per heavy atom. The van der Waals surface area contributed by atoms with Crippen molar-refractivity contribution in [2.45, 2.75) is 6.61 Å². The topological polar surface area (TPSA) is 33.0 Å². The zero-order valence-electron chi connectivity index (χ0n) is 9.96. The largest absolute Gasteiger partial charge is 0.487 e. The lowest BCUT2D eigenvalue weighted by atomic mass is 10.1. The van der Waals surface area contributed by atoms with Crippen LogP contribution in [0, 0.1) is 27.9 Å².